The van der Waals surface area contributed by atoms with Gasteiger partial charge in [-0.2, -0.15) is 0 Å². The molecule has 4 aromatic rings. The lowest BCUT2D eigenvalue weighted by molar-refractivity contribution is -0.0107. The molecule has 0 aliphatic carbocycles. The second-order valence-electron chi connectivity index (χ2n) is 7.55. The molecular weight excluding hydrogens is 476 g/mol. The lowest BCUT2D eigenvalue weighted by Crippen LogP contribution is -2.18. The van der Waals surface area contributed by atoms with Gasteiger partial charge < -0.3 is 18.9 Å². The van der Waals surface area contributed by atoms with Crippen molar-refractivity contribution in [3.63, 3.8) is 0 Å². The minimum atomic E-state index is -1.11. The second kappa shape index (κ2) is 11.9. The van der Waals surface area contributed by atoms with Gasteiger partial charge in [0.1, 0.15) is 11.5 Å². The number of hydrogen-bond donors (Lipinski definition) is 0. The van der Waals surface area contributed by atoms with Gasteiger partial charge in [-0.05, 0) is 48.5 Å². The number of rotatable bonds is 8. The van der Waals surface area contributed by atoms with Crippen LogP contribution < -0.4 is 9.47 Å². The number of hydrogen-bond acceptors (Lipinski definition) is 8. The van der Waals surface area contributed by atoms with E-state index in [1.54, 1.807) is 48.5 Å². The zero-order valence-electron chi connectivity index (χ0n) is 19.4. The molecule has 0 saturated carbocycles. The van der Waals surface area contributed by atoms with E-state index in [4.69, 9.17) is 18.9 Å². The highest BCUT2D eigenvalue weighted by molar-refractivity contribution is 6.09. The SMILES string of the molecule is O=C(OCOC(=O)Oc1ccc(C(=O)c2ccccc2)cc1)Oc1ccc(C(=O)c2ccccc2)cc1. The van der Waals surface area contributed by atoms with Crippen molar-refractivity contribution in [1.29, 1.82) is 0 Å². The van der Waals surface area contributed by atoms with Crippen LogP contribution in [0.4, 0.5) is 9.59 Å². The highest BCUT2D eigenvalue weighted by Crippen LogP contribution is 2.17. The lowest BCUT2D eigenvalue weighted by Gasteiger charge is -2.08. The predicted octanol–water partition coefficient (Wildman–Crippen LogP) is 5.84. The Bertz CT molecular complexity index is 1270. The third kappa shape index (κ3) is 6.89. The molecular formula is C29H20O8. The van der Waals surface area contributed by atoms with Gasteiger partial charge in [-0.25, -0.2) is 9.59 Å². The zero-order valence-corrected chi connectivity index (χ0v) is 19.4. The molecule has 4 rings (SSSR count). The van der Waals surface area contributed by atoms with Gasteiger partial charge in [-0.1, -0.05) is 60.7 Å². The van der Waals surface area contributed by atoms with E-state index in [9.17, 15) is 19.2 Å². The van der Waals surface area contributed by atoms with Gasteiger partial charge in [0.25, 0.3) is 0 Å². The molecule has 0 radical (unpaired) electrons. The molecule has 0 fully saturated rings. The fourth-order valence-electron chi connectivity index (χ4n) is 3.24. The summed E-state index contributed by atoms with van der Waals surface area (Å²) in [7, 11) is 0. The Morgan fingerprint density at radius 2 is 0.757 bits per heavy atom. The molecule has 8 nitrogen and oxygen atoms in total. The molecule has 184 valence electrons. The predicted molar refractivity (Wildman–Crippen MR) is 132 cm³/mol. The summed E-state index contributed by atoms with van der Waals surface area (Å²) in [6.45, 7) is -0.743. The molecule has 0 saturated heterocycles. The van der Waals surface area contributed by atoms with E-state index < -0.39 is 19.1 Å². The average Bonchev–Trinajstić information content (AvgIpc) is 2.94. The van der Waals surface area contributed by atoms with Crippen molar-refractivity contribution in [1.82, 2.24) is 0 Å². The largest absolute Gasteiger partial charge is 0.516 e. The van der Waals surface area contributed by atoms with Gasteiger partial charge in [0.2, 0.25) is 6.79 Å². The molecule has 0 spiro atoms. The minimum Gasteiger partial charge on any atom is -0.396 e. The van der Waals surface area contributed by atoms with Crippen molar-refractivity contribution in [3.05, 3.63) is 131 Å². The van der Waals surface area contributed by atoms with Crippen LogP contribution in [0.15, 0.2) is 109 Å². The van der Waals surface area contributed by atoms with Crippen LogP contribution in [-0.4, -0.2) is 30.7 Å². The molecule has 0 atom stereocenters. The molecule has 0 amide bonds. The van der Waals surface area contributed by atoms with Crippen molar-refractivity contribution < 1.29 is 38.1 Å². The van der Waals surface area contributed by atoms with Crippen molar-refractivity contribution in [2.24, 2.45) is 0 Å². The summed E-state index contributed by atoms with van der Waals surface area (Å²) >= 11 is 0. The Morgan fingerprint density at radius 3 is 1.11 bits per heavy atom. The van der Waals surface area contributed by atoms with Crippen LogP contribution >= 0.6 is 0 Å². The first kappa shape index (κ1) is 24.9. The summed E-state index contributed by atoms with van der Waals surface area (Å²) in [6.07, 6.45) is -2.22. The van der Waals surface area contributed by atoms with E-state index in [1.165, 1.54) is 48.5 Å². The zero-order chi connectivity index (χ0) is 26.0. The summed E-state index contributed by atoms with van der Waals surface area (Å²) in [4.78, 5) is 48.5. The van der Waals surface area contributed by atoms with Crippen LogP contribution in [-0.2, 0) is 9.47 Å². The summed E-state index contributed by atoms with van der Waals surface area (Å²) < 4.78 is 19.4. The van der Waals surface area contributed by atoms with E-state index in [1.807, 2.05) is 12.1 Å². The third-order valence-corrected chi connectivity index (χ3v) is 5.06. The van der Waals surface area contributed by atoms with Crippen molar-refractivity contribution in [2.45, 2.75) is 0 Å². The van der Waals surface area contributed by atoms with Crippen molar-refractivity contribution >= 4 is 23.9 Å². The van der Waals surface area contributed by atoms with E-state index in [0.29, 0.717) is 22.3 Å². The molecule has 0 aliphatic rings. The summed E-state index contributed by atoms with van der Waals surface area (Å²) in [5, 5.41) is 0. The molecule has 37 heavy (non-hydrogen) atoms. The van der Waals surface area contributed by atoms with Crippen LogP contribution in [0.3, 0.4) is 0 Å². The normalized spacial score (nSPS) is 10.2. The topological polar surface area (TPSA) is 105 Å². The van der Waals surface area contributed by atoms with Crippen LogP contribution in [0.2, 0.25) is 0 Å². The number of carbonyl (C=O) groups is 4. The van der Waals surface area contributed by atoms with E-state index in [2.05, 4.69) is 0 Å². The summed E-state index contributed by atoms with van der Waals surface area (Å²) in [6, 6.07) is 29.4. The Hall–Kier alpha value is -5.24. The molecule has 0 N–H and O–H groups in total. The molecule has 0 unspecified atom stereocenters. The second-order valence-corrected chi connectivity index (χ2v) is 7.55. The minimum absolute atomic E-state index is 0.141. The lowest BCUT2D eigenvalue weighted by atomic mass is 10.0. The van der Waals surface area contributed by atoms with Crippen molar-refractivity contribution in [3.8, 4) is 11.5 Å². The number of carbonyl (C=O) groups excluding carboxylic acids is 4. The first-order valence-electron chi connectivity index (χ1n) is 11.1. The van der Waals surface area contributed by atoms with Crippen LogP contribution in [0, 0.1) is 0 Å². The van der Waals surface area contributed by atoms with Crippen LogP contribution in [0.25, 0.3) is 0 Å². The number of ketones is 2. The smallest absolute Gasteiger partial charge is 0.396 e. The van der Waals surface area contributed by atoms with Crippen LogP contribution in [0.1, 0.15) is 31.8 Å². The van der Waals surface area contributed by atoms with Gasteiger partial charge >= 0.3 is 12.3 Å². The summed E-state index contributed by atoms with van der Waals surface area (Å²) in [5.74, 6) is -0.0530. The summed E-state index contributed by atoms with van der Waals surface area (Å²) in [5.41, 5.74) is 1.93. The first-order chi connectivity index (χ1) is 18.0. The van der Waals surface area contributed by atoms with Gasteiger partial charge in [-0.3, -0.25) is 9.59 Å². The quantitative estimate of drug-likeness (QED) is 0.130. The average molecular weight is 496 g/mol. The van der Waals surface area contributed by atoms with E-state index in [-0.39, 0.29) is 23.1 Å². The number of benzene rings is 4. The molecule has 8 heteroatoms. The fraction of sp³-hybridized carbons (Fsp3) is 0.0345. The highest BCUT2D eigenvalue weighted by atomic mass is 16.8. The third-order valence-electron chi connectivity index (χ3n) is 5.06. The maximum atomic E-state index is 12.4. The molecule has 0 aliphatic heterocycles. The number of ether oxygens (including phenoxy) is 4. The molecule has 0 aromatic heterocycles. The highest BCUT2D eigenvalue weighted by Gasteiger charge is 2.13. The Morgan fingerprint density at radius 1 is 0.432 bits per heavy atom. The van der Waals surface area contributed by atoms with Crippen LogP contribution in [0.5, 0.6) is 11.5 Å². The fourth-order valence-corrected chi connectivity index (χ4v) is 3.24. The van der Waals surface area contributed by atoms with Gasteiger partial charge in [-0.15, -0.1) is 0 Å². The first-order valence-corrected chi connectivity index (χ1v) is 11.1. The van der Waals surface area contributed by atoms with Crippen molar-refractivity contribution in [2.75, 3.05) is 6.79 Å². The monoisotopic (exact) mass is 496 g/mol. The van der Waals surface area contributed by atoms with Gasteiger partial charge in [0.15, 0.2) is 11.6 Å². The Labute approximate surface area is 212 Å². The molecule has 4 aromatic carbocycles. The maximum absolute atomic E-state index is 12.4. The Kier molecular flexibility index (Phi) is 8.03. The van der Waals surface area contributed by atoms with Gasteiger partial charge in [0.05, 0.1) is 0 Å². The van der Waals surface area contributed by atoms with E-state index in [0.717, 1.165) is 0 Å². The molecule has 0 heterocycles. The maximum Gasteiger partial charge on any atom is 0.516 e. The van der Waals surface area contributed by atoms with E-state index >= 15 is 0 Å². The Balaban J connectivity index is 1.20. The molecule has 0 bridgehead atoms. The van der Waals surface area contributed by atoms with Gasteiger partial charge in [0, 0.05) is 22.3 Å². The standard InChI is InChI=1S/C29H20O8/c30-26(20-7-3-1-4-8-20)22-11-15-24(16-12-22)36-28(32)34-19-35-29(33)37-25-17-13-23(14-18-25)27(31)21-9-5-2-6-10-21/h1-18H,19H2.